The van der Waals surface area contributed by atoms with Crippen LogP contribution in [0.25, 0.3) is 0 Å². The van der Waals surface area contributed by atoms with E-state index in [1.165, 1.54) is 17.8 Å². The Hall–Kier alpha value is -2.15. The molecular formula is C21H14Cl2F3NOS. The molecule has 1 N–H and O–H groups in total. The van der Waals surface area contributed by atoms with E-state index in [4.69, 9.17) is 23.2 Å². The molecule has 1 amide bonds. The average molecular weight is 456 g/mol. The van der Waals surface area contributed by atoms with Crippen LogP contribution in [0, 0.1) is 0 Å². The summed E-state index contributed by atoms with van der Waals surface area (Å²) in [5.74, 6) is 0.110. The SMILES string of the molecule is O=C(Nc1ccc(CSc2cccc(C(F)(F)F)c2)cc1)c1cccc(Cl)c1Cl. The van der Waals surface area contributed by atoms with Crippen molar-refractivity contribution in [2.24, 2.45) is 0 Å². The fourth-order valence-electron chi connectivity index (χ4n) is 2.49. The lowest BCUT2D eigenvalue weighted by atomic mass is 10.2. The predicted octanol–water partition coefficient (Wildman–Crippen LogP) is 7.56. The molecule has 0 unspecified atom stereocenters. The summed E-state index contributed by atoms with van der Waals surface area (Å²) in [6, 6.07) is 17.1. The van der Waals surface area contributed by atoms with Gasteiger partial charge in [0.15, 0.2) is 0 Å². The number of amides is 1. The molecule has 3 aromatic carbocycles. The molecule has 3 rings (SSSR count). The van der Waals surface area contributed by atoms with Gasteiger partial charge in [-0.1, -0.05) is 47.5 Å². The lowest BCUT2D eigenvalue weighted by Gasteiger charge is -2.10. The molecular weight excluding hydrogens is 442 g/mol. The largest absolute Gasteiger partial charge is 0.416 e. The van der Waals surface area contributed by atoms with Crippen molar-refractivity contribution in [1.29, 1.82) is 0 Å². The van der Waals surface area contributed by atoms with Crippen molar-refractivity contribution in [1.82, 2.24) is 0 Å². The number of rotatable bonds is 5. The van der Waals surface area contributed by atoms with E-state index in [1.54, 1.807) is 48.5 Å². The maximum absolute atomic E-state index is 12.8. The Balaban J connectivity index is 1.62. The van der Waals surface area contributed by atoms with Gasteiger partial charge >= 0.3 is 6.18 Å². The highest BCUT2D eigenvalue weighted by molar-refractivity contribution is 7.98. The molecule has 0 spiro atoms. The van der Waals surface area contributed by atoms with Crippen molar-refractivity contribution in [2.75, 3.05) is 5.32 Å². The second-order valence-corrected chi connectivity index (χ2v) is 7.90. The minimum atomic E-state index is -4.36. The van der Waals surface area contributed by atoms with Gasteiger partial charge in [0.2, 0.25) is 0 Å². The highest BCUT2D eigenvalue weighted by atomic mass is 35.5. The van der Waals surface area contributed by atoms with Crippen LogP contribution in [-0.2, 0) is 11.9 Å². The number of halogens is 5. The first-order valence-electron chi connectivity index (χ1n) is 8.38. The Morgan fingerprint density at radius 3 is 2.34 bits per heavy atom. The third kappa shape index (κ3) is 5.69. The second kappa shape index (κ2) is 9.11. The van der Waals surface area contributed by atoms with Crippen molar-refractivity contribution < 1.29 is 18.0 Å². The third-order valence-corrected chi connectivity index (χ3v) is 5.86. The fraction of sp³-hybridized carbons (Fsp3) is 0.0952. The summed E-state index contributed by atoms with van der Waals surface area (Å²) in [6.45, 7) is 0. The zero-order chi connectivity index (χ0) is 21.0. The Kier molecular flexibility index (Phi) is 6.77. The normalized spacial score (nSPS) is 11.3. The third-order valence-electron chi connectivity index (χ3n) is 3.97. The Morgan fingerprint density at radius 1 is 0.966 bits per heavy atom. The zero-order valence-corrected chi connectivity index (χ0v) is 17.1. The summed E-state index contributed by atoms with van der Waals surface area (Å²) in [5.41, 5.74) is 1.08. The number of anilines is 1. The monoisotopic (exact) mass is 455 g/mol. The molecule has 2 nitrogen and oxygen atoms in total. The van der Waals surface area contributed by atoms with Gasteiger partial charge in [0.1, 0.15) is 0 Å². The predicted molar refractivity (Wildman–Crippen MR) is 112 cm³/mol. The van der Waals surface area contributed by atoms with Gasteiger partial charge in [-0.3, -0.25) is 4.79 Å². The first kappa shape index (κ1) is 21.6. The average Bonchev–Trinajstić information content (AvgIpc) is 2.69. The Morgan fingerprint density at radius 2 is 1.66 bits per heavy atom. The molecule has 150 valence electrons. The number of nitrogens with one attached hydrogen (secondary N) is 1. The molecule has 0 aliphatic carbocycles. The number of carbonyl (C=O) groups excluding carboxylic acids is 1. The first-order chi connectivity index (χ1) is 13.7. The lowest BCUT2D eigenvalue weighted by Crippen LogP contribution is -2.12. The number of carbonyl (C=O) groups is 1. The van der Waals surface area contributed by atoms with Gasteiger partial charge in [-0.25, -0.2) is 0 Å². The molecule has 0 bridgehead atoms. The highest BCUT2D eigenvalue weighted by Crippen LogP contribution is 2.33. The molecule has 0 atom stereocenters. The molecule has 0 aliphatic heterocycles. The fourth-order valence-corrected chi connectivity index (χ4v) is 3.79. The maximum atomic E-state index is 12.8. The van der Waals surface area contributed by atoms with E-state index in [1.807, 2.05) is 0 Å². The number of benzene rings is 3. The second-order valence-electron chi connectivity index (χ2n) is 6.07. The topological polar surface area (TPSA) is 29.1 Å². The molecule has 0 radical (unpaired) electrons. The van der Waals surface area contributed by atoms with E-state index in [9.17, 15) is 18.0 Å². The van der Waals surface area contributed by atoms with Crippen LogP contribution in [0.15, 0.2) is 71.6 Å². The van der Waals surface area contributed by atoms with Gasteiger partial charge in [0.25, 0.3) is 5.91 Å². The van der Waals surface area contributed by atoms with Crippen LogP contribution in [-0.4, -0.2) is 5.91 Å². The summed E-state index contributed by atoms with van der Waals surface area (Å²) in [7, 11) is 0. The van der Waals surface area contributed by atoms with Gasteiger partial charge in [-0.15, -0.1) is 11.8 Å². The first-order valence-corrected chi connectivity index (χ1v) is 10.1. The van der Waals surface area contributed by atoms with E-state index in [-0.39, 0.29) is 16.5 Å². The molecule has 29 heavy (non-hydrogen) atoms. The Labute approximate surface area is 180 Å². The van der Waals surface area contributed by atoms with Crippen LogP contribution in [0.1, 0.15) is 21.5 Å². The smallest absolute Gasteiger partial charge is 0.322 e. The minimum Gasteiger partial charge on any atom is -0.322 e. The summed E-state index contributed by atoms with van der Waals surface area (Å²) in [4.78, 5) is 12.9. The molecule has 8 heteroatoms. The lowest BCUT2D eigenvalue weighted by molar-refractivity contribution is -0.137. The van der Waals surface area contributed by atoms with E-state index >= 15 is 0 Å². The molecule has 0 saturated carbocycles. The van der Waals surface area contributed by atoms with E-state index in [2.05, 4.69) is 5.32 Å². The number of hydrogen-bond acceptors (Lipinski definition) is 2. The van der Waals surface area contributed by atoms with E-state index in [0.29, 0.717) is 21.4 Å². The molecule has 0 heterocycles. The highest BCUT2D eigenvalue weighted by Gasteiger charge is 2.30. The Bertz CT molecular complexity index is 1020. The standard InChI is InChI=1S/C21H14Cl2F3NOS/c22-18-6-2-5-17(19(18)23)20(28)27-15-9-7-13(8-10-15)12-29-16-4-1-3-14(11-16)21(24,25)26/h1-11H,12H2,(H,27,28). The van der Waals surface area contributed by atoms with Crippen molar-refractivity contribution in [3.63, 3.8) is 0 Å². The van der Waals surface area contributed by atoms with Crippen LogP contribution in [0.4, 0.5) is 18.9 Å². The molecule has 0 saturated heterocycles. The summed E-state index contributed by atoms with van der Waals surface area (Å²) >= 11 is 13.3. The summed E-state index contributed by atoms with van der Waals surface area (Å²) in [5, 5.41) is 3.21. The molecule has 0 aromatic heterocycles. The summed E-state index contributed by atoms with van der Waals surface area (Å²) in [6.07, 6.45) is -4.36. The van der Waals surface area contributed by atoms with Gasteiger partial charge in [-0.2, -0.15) is 13.2 Å². The molecule has 0 aliphatic rings. The van der Waals surface area contributed by atoms with E-state index < -0.39 is 11.7 Å². The van der Waals surface area contributed by atoms with Crippen molar-refractivity contribution in [3.8, 4) is 0 Å². The minimum absolute atomic E-state index is 0.181. The summed E-state index contributed by atoms with van der Waals surface area (Å²) < 4.78 is 38.4. The van der Waals surface area contributed by atoms with Crippen molar-refractivity contribution in [3.05, 3.63) is 93.5 Å². The maximum Gasteiger partial charge on any atom is 0.416 e. The van der Waals surface area contributed by atoms with Gasteiger partial charge in [-0.05, 0) is 48.0 Å². The van der Waals surface area contributed by atoms with Crippen molar-refractivity contribution >= 4 is 46.6 Å². The van der Waals surface area contributed by atoms with Crippen LogP contribution >= 0.6 is 35.0 Å². The van der Waals surface area contributed by atoms with Crippen LogP contribution < -0.4 is 5.32 Å². The number of thioether (sulfide) groups is 1. The van der Waals surface area contributed by atoms with Gasteiger partial charge < -0.3 is 5.32 Å². The van der Waals surface area contributed by atoms with Crippen LogP contribution in [0.5, 0.6) is 0 Å². The zero-order valence-electron chi connectivity index (χ0n) is 14.8. The molecule has 0 fully saturated rings. The van der Waals surface area contributed by atoms with Crippen molar-refractivity contribution in [2.45, 2.75) is 16.8 Å². The molecule has 3 aromatic rings. The van der Waals surface area contributed by atoms with Crippen LogP contribution in [0.3, 0.4) is 0 Å². The van der Waals surface area contributed by atoms with Gasteiger partial charge in [0.05, 0.1) is 21.2 Å². The number of alkyl halides is 3. The quantitative estimate of drug-likeness (QED) is 0.402. The van der Waals surface area contributed by atoms with E-state index in [0.717, 1.165) is 17.7 Å². The van der Waals surface area contributed by atoms with Gasteiger partial charge in [0, 0.05) is 16.3 Å². The number of hydrogen-bond donors (Lipinski definition) is 1. The van der Waals surface area contributed by atoms with Crippen LogP contribution in [0.2, 0.25) is 10.0 Å².